The molecule has 0 saturated carbocycles. The molecule has 1 aromatic rings. The van der Waals surface area contributed by atoms with Crippen molar-refractivity contribution in [1.82, 2.24) is 5.32 Å². The van der Waals surface area contributed by atoms with Crippen molar-refractivity contribution in [3.8, 4) is 0 Å². The molecule has 19 heavy (non-hydrogen) atoms. The summed E-state index contributed by atoms with van der Waals surface area (Å²) in [7, 11) is 0. The molecule has 1 unspecified atom stereocenters. The maximum atomic E-state index is 13.1. The van der Waals surface area contributed by atoms with E-state index in [9.17, 15) is 19.3 Å². The smallest absolute Gasteiger partial charge is 0.282 e. The quantitative estimate of drug-likeness (QED) is 0.605. The van der Waals surface area contributed by atoms with Gasteiger partial charge in [-0.3, -0.25) is 14.9 Å². The largest absolute Gasteiger partial charge is 0.348 e. The summed E-state index contributed by atoms with van der Waals surface area (Å²) in [6.07, 6.45) is 1.47. The highest BCUT2D eigenvalue weighted by Gasteiger charge is 2.22. The number of benzene rings is 1. The number of carbonyl (C=O) groups is 1. The third-order valence-electron chi connectivity index (χ3n) is 2.66. The van der Waals surface area contributed by atoms with Crippen LogP contribution in [-0.2, 0) is 0 Å². The van der Waals surface area contributed by atoms with E-state index in [1.54, 1.807) is 0 Å². The monoisotopic (exact) mass is 269 g/mol. The average molecular weight is 269 g/mol. The fraction of sp³-hybridized carbons (Fsp3) is 0.417. The van der Waals surface area contributed by atoms with Crippen molar-refractivity contribution < 1.29 is 14.1 Å². The molecule has 1 atom stereocenters. The van der Waals surface area contributed by atoms with Crippen molar-refractivity contribution in [2.45, 2.75) is 25.8 Å². The summed E-state index contributed by atoms with van der Waals surface area (Å²) in [4.78, 5) is 22.0. The van der Waals surface area contributed by atoms with Gasteiger partial charge in [0.2, 0.25) is 0 Å². The molecule has 1 amide bonds. The number of hydrogen-bond acceptors (Lipinski definition) is 4. The molecular weight excluding hydrogens is 253 g/mol. The van der Waals surface area contributed by atoms with Crippen LogP contribution in [0, 0.1) is 15.9 Å². The molecule has 104 valence electrons. The van der Waals surface area contributed by atoms with Crippen molar-refractivity contribution in [3.63, 3.8) is 0 Å². The molecule has 0 aliphatic carbocycles. The van der Waals surface area contributed by atoms with Crippen LogP contribution in [0.15, 0.2) is 18.2 Å². The van der Waals surface area contributed by atoms with Crippen LogP contribution in [0.3, 0.4) is 0 Å². The lowest BCUT2D eigenvalue weighted by Crippen LogP contribution is -2.40. The molecule has 0 aromatic heterocycles. The van der Waals surface area contributed by atoms with E-state index in [1.807, 2.05) is 6.92 Å². The molecule has 1 rings (SSSR count). The zero-order valence-corrected chi connectivity index (χ0v) is 10.6. The molecule has 0 fully saturated rings. The highest BCUT2D eigenvalue weighted by molar-refractivity contribution is 5.98. The van der Waals surface area contributed by atoms with E-state index in [0.717, 1.165) is 24.6 Å². The molecular formula is C12H16FN3O3. The van der Waals surface area contributed by atoms with Crippen LogP contribution in [0.4, 0.5) is 10.1 Å². The molecule has 0 saturated heterocycles. The molecule has 0 spiro atoms. The molecule has 6 nitrogen and oxygen atoms in total. The van der Waals surface area contributed by atoms with Gasteiger partial charge in [-0.1, -0.05) is 13.3 Å². The Bertz CT molecular complexity index is 479. The zero-order valence-electron chi connectivity index (χ0n) is 10.6. The Morgan fingerprint density at radius 3 is 2.79 bits per heavy atom. The topological polar surface area (TPSA) is 98.3 Å². The van der Waals surface area contributed by atoms with Gasteiger partial charge < -0.3 is 11.1 Å². The van der Waals surface area contributed by atoms with Gasteiger partial charge in [0, 0.05) is 18.7 Å². The lowest BCUT2D eigenvalue weighted by Gasteiger charge is -2.15. The average Bonchev–Trinajstić information content (AvgIpc) is 2.37. The van der Waals surface area contributed by atoms with Crippen LogP contribution in [-0.4, -0.2) is 23.4 Å². The minimum absolute atomic E-state index is 0.225. The van der Waals surface area contributed by atoms with Gasteiger partial charge >= 0.3 is 0 Å². The second-order valence-corrected chi connectivity index (χ2v) is 4.11. The Balaban J connectivity index is 2.98. The predicted octanol–water partition coefficient (Wildman–Crippen LogP) is 1.59. The van der Waals surface area contributed by atoms with Crippen LogP contribution in [0.25, 0.3) is 0 Å². The van der Waals surface area contributed by atoms with Gasteiger partial charge in [-0.15, -0.1) is 0 Å². The molecule has 0 heterocycles. The standard InChI is InChI=1S/C12H16FN3O3/c1-2-3-9(7-14)15-12(17)10-6-8(13)4-5-11(10)16(18)19/h4-6,9H,2-3,7,14H2,1H3,(H,15,17). The number of rotatable bonds is 6. The van der Waals surface area contributed by atoms with Crippen molar-refractivity contribution in [2.75, 3.05) is 6.54 Å². The van der Waals surface area contributed by atoms with Gasteiger partial charge in [-0.2, -0.15) is 0 Å². The third-order valence-corrected chi connectivity index (χ3v) is 2.66. The summed E-state index contributed by atoms with van der Waals surface area (Å²) in [6, 6.07) is 2.50. The molecule has 0 radical (unpaired) electrons. The Kier molecular flexibility index (Phi) is 5.37. The molecule has 0 aliphatic rings. The highest BCUT2D eigenvalue weighted by atomic mass is 19.1. The summed E-state index contributed by atoms with van der Waals surface area (Å²) in [5.41, 5.74) is 4.77. The third kappa shape index (κ3) is 3.99. The number of nitro groups is 1. The zero-order chi connectivity index (χ0) is 14.4. The molecule has 7 heteroatoms. The summed E-state index contributed by atoms with van der Waals surface area (Å²) in [6.45, 7) is 2.15. The lowest BCUT2D eigenvalue weighted by molar-refractivity contribution is -0.385. The van der Waals surface area contributed by atoms with E-state index in [-0.39, 0.29) is 18.2 Å². The molecule has 0 bridgehead atoms. The molecule has 3 N–H and O–H groups in total. The highest BCUT2D eigenvalue weighted by Crippen LogP contribution is 2.19. The Labute approximate surface area is 109 Å². The van der Waals surface area contributed by atoms with Gasteiger partial charge in [-0.25, -0.2) is 4.39 Å². The fourth-order valence-corrected chi connectivity index (χ4v) is 1.71. The van der Waals surface area contributed by atoms with Crippen LogP contribution >= 0.6 is 0 Å². The first-order valence-corrected chi connectivity index (χ1v) is 5.94. The van der Waals surface area contributed by atoms with E-state index in [4.69, 9.17) is 5.73 Å². The normalized spacial score (nSPS) is 11.9. The Morgan fingerprint density at radius 2 is 2.26 bits per heavy atom. The summed E-state index contributed by atoms with van der Waals surface area (Å²) in [5.74, 6) is -1.38. The first-order valence-electron chi connectivity index (χ1n) is 5.94. The van der Waals surface area contributed by atoms with E-state index in [1.165, 1.54) is 0 Å². The number of nitrogens with one attached hydrogen (secondary N) is 1. The number of carbonyl (C=O) groups excluding carboxylic acids is 1. The van der Waals surface area contributed by atoms with Gasteiger partial charge in [0.05, 0.1) is 4.92 Å². The van der Waals surface area contributed by atoms with Crippen LogP contribution in [0.5, 0.6) is 0 Å². The van der Waals surface area contributed by atoms with Crippen molar-refractivity contribution in [3.05, 3.63) is 39.7 Å². The number of amides is 1. The summed E-state index contributed by atoms with van der Waals surface area (Å²) < 4.78 is 13.1. The maximum Gasteiger partial charge on any atom is 0.282 e. The van der Waals surface area contributed by atoms with E-state index < -0.39 is 22.3 Å². The predicted molar refractivity (Wildman–Crippen MR) is 68.3 cm³/mol. The van der Waals surface area contributed by atoms with Gasteiger partial charge in [0.1, 0.15) is 11.4 Å². The second kappa shape index (κ2) is 6.79. The van der Waals surface area contributed by atoms with Crippen molar-refractivity contribution in [2.24, 2.45) is 5.73 Å². The van der Waals surface area contributed by atoms with E-state index in [2.05, 4.69) is 5.32 Å². The van der Waals surface area contributed by atoms with E-state index in [0.29, 0.717) is 6.42 Å². The Morgan fingerprint density at radius 1 is 1.58 bits per heavy atom. The molecule has 0 aliphatic heterocycles. The minimum atomic E-state index is -0.717. The van der Waals surface area contributed by atoms with Crippen LogP contribution < -0.4 is 11.1 Å². The lowest BCUT2D eigenvalue weighted by atomic mass is 10.1. The maximum absolute atomic E-state index is 13.1. The Hall–Kier alpha value is -2.02. The first-order chi connectivity index (χ1) is 8.99. The van der Waals surface area contributed by atoms with Crippen LogP contribution in [0.2, 0.25) is 0 Å². The molecule has 1 aromatic carbocycles. The number of halogens is 1. The van der Waals surface area contributed by atoms with Gasteiger partial charge in [-0.05, 0) is 18.6 Å². The second-order valence-electron chi connectivity index (χ2n) is 4.11. The fourth-order valence-electron chi connectivity index (χ4n) is 1.71. The number of nitrogens with two attached hydrogens (primary N) is 1. The summed E-state index contributed by atoms with van der Waals surface area (Å²) >= 11 is 0. The van der Waals surface area contributed by atoms with Gasteiger partial charge in [0.25, 0.3) is 11.6 Å². The van der Waals surface area contributed by atoms with Gasteiger partial charge in [0.15, 0.2) is 0 Å². The number of nitrogens with zero attached hydrogens (tertiary/aromatic N) is 1. The SMILES string of the molecule is CCCC(CN)NC(=O)c1cc(F)ccc1[N+](=O)[O-]. The number of hydrogen-bond donors (Lipinski definition) is 2. The van der Waals surface area contributed by atoms with Crippen molar-refractivity contribution in [1.29, 1.82) is 0 Å². The minimum Gasteiger partial charge on any atom is -0.348 e. The van der Waals surface area contributed by atoms with E-state index >= 15 is 0 Å². The van der Waals surface area contributed by atoms with Crippen LogP contribution in [0.1, 0.15) is 30.1 Å². The summed E-state index contributed by atoms with van der Waals surface area (Å²) in [5, 5.41) is 13.4. The van der Waals surface area contributed by atoms with Crippen molar-refractivity contribution >= 4 is 11.6 Å². The first kappa shape index (κ1) is 15.0. The number of nitro benzene ring substituents is 1.